The Hall–Kier alpha value is -3.59. The maximum atomic E-state index is 12.7. The molecule has 0 radical (unpaired) electrons. The van der Waals surface area contributed by atoms with E-state index < -0.39 is 0 Å². The molecule has 3 heteroatoms. The summed E-state index contributed by atoms with van der Waals surface area (Å²) in [6.45, 7) is 0. The summed E-state index contributed by atoms with van der Waals surface area (Å²) in [7, 11) is 0. The lowest BCUT2D eigenvalue weighted by Crippen LogP contribution is -2.09. The highest BCUT2D eigenvalue weighted by Gasteiger charge is 2.15. The fourth-order valence-corrected chi connectivity index (χ4v) is 3.88. The average Bonchev–Trinajstić information content (AvgIpc) is 2.78. The van der Waals surface area contributed by atoms with Gasteiger partial charge in [-0.05, 0) is 28.0 Å². The van der Waals surface area contributed by atoms with E-state index in [1.807, 2.05) is 78.9 Å². The summed E-state index contributed by atoms with van der Waals surface area (Å²) in [5, 5.41) is 3.81. The van der Waals surface area contributed by atoms with Crippen molar-refractivity contribution in [2.24, 2.45) is 0 Å². The summed E-state index contributed by atoms with van der Waals surface area (Å²) in [5.41, 5.74) is 1.26. The molecule has 0 aliphatic heterocycles. The zero-order valence-electron chi connectivity index (χ0n) is 16.6. The molecule has 0 aromatic heterocycles. The van der Waals surface area contributed by atoms with E-state index in [1.165, 1.54) is 0 Å². The molecule has 4 rings (SSSR count). The zero-order valence-corrected chi connectivity index (χ0v) is 16.6. The Bertz CT molecular complexity index is 1240. The van der Waals surface area contributed by atoms with Crippen molar-refractivity contribution in [3.05, 3.63) is 96.1 Å². The van der Waals surface area contributed by atoms with Gasteiger partial charge in [-0.2, -0.15) is 0 Å². The van der Waals surface area contributed by atoms with Crippen molar-refractivity contribution in [1.82, 2.24) is 0 Å². The van der Waals surface area contributed by atoms with E-state index >= 15 is 0 Å². The van der Waals surface area contributed by atoms with Crippen LogP contribution in [0.4, 0.5) is 0 Å². The summed E-state index contributed by atoms with van der Waals surface area (Å²) >= 11 is 0. The van der Waals surface area contributed by atoms with Gasteiger partial charge in [0, 0.05) is 24.0 Å². The Morgan fingerprint density at radius 1 is 0.533 bits per heavy atom. The van der Waals surface area contributed by atoms with Crippen molar-refractivity contribution in [2.75, 3.05) is 0 Å². The largest absolute Gasteiger partial charge is 0.299 e. The van der Waals surface area contributed by atoms with Crippen LogP contribution >= 0.6 is 0 Å². The molecule has 0 bridgehead atoms. The normalized spacial score (nSPS) is 10.9. The van der Waals surface area contributed by atoms with Gasteiger partial charge in [-0.25, -0.2) is 0 Å². The number of rotatable bonds is 8. The third-order valence-electron chi connectivity index (χ3n) is 5.40. The third-order valence-corrected chi connectivity index (χ3v) is 5.40. The van der Waals surface area contributed by atoms with E-state index in [0.717, 1.165) is 21.5 Å². The molecule has 3 nitrogen and oxygen atoms in total. The van der Waals surface area contributed by atoms with E-state index in [4.69, 9.17) is 0 Å². The van der Waals surface area contributed by atoms with Gasteiger partial charge in [0.1, 0.15) is 5.78 Å². The SMILES string of the molecule is O=C(CCCC(=O)c1cccc2ccccc12)CC(=O)c1cccc2ccccc12. The number of carbonyl (C=O) groups excluding carboxylic acids is 3. The molecule has 0 heterocycles. The second-order valence-corrected chi connectivity index (χ2v) is 7.47. The van der Waals surface area contributed by atoms with Gasteiger partial charge < -0.3 is 0 Å². The Kier molecular flexibility index (Phi) is 5.80. The highest BCUT2D eigenvalue weighted by molar-refractivity contribution is 6.14. The van der Waals surface area contributed by atoms with Gasteiger partial charge in [-0.15, -0.1) is 0 Å². The van der Waals surface area contributed by atoms with Crippen molar-refractivity contribution in [1.29, 1.82) is 0 Å². The fraction of sp³-hybridized carbons (Fsp3) is 0.148. The number of hydrogen-bond donors (Lipinski definition) is 0. The van der Waals surface area contributed by atoms with Crippen LogP contribution in [-0.4, -0.2) is 17.3 Å². The van der Waals surface area contributed by atoms with Crippen LogP contribution < -0.4 is 0 Å². The monoisotopic (exact) mass is 394 g/mol. The highest BCUT2D eigenvalue weighted by Crippen LogP contribution is 2.22. The van der Waals surface area contributed by atoms with Gasteiger partial charge in [0.2, 0.25) is 0 Å². The third kappa shape index (κ3) is 4.20. The van der Waals surface area contributed by atoms with Crippen LogP contribution in [0.5, 0.6) is 0 Å². The molecule has 0 aliphatic carbocycles. The summed E-state index contributed by atoms with van der Waals surface area (Å²) in [4.78, 5) is 37.7. The van der Waals surface area contributed by atoms with E-state index in [-0.39, 0.29) is 30.2 Å². The molecule has 0 unspecified atom stereocenters. The lowest BCUT2D eigenvalue weighted by molar-refractivity contribution is -0.118. The summed E-state index contributed by atoms with van der Waals surface area (Å²) < 4.78 is 0. The van der Waals surface area contributed by atoms with Crippen LogP contribution in [0.15, 0.2) is 84.9 Å². The van der Waals surface area contributed by atoms with Crippen molar-refractivity contribution < 1.29 is 14.4 Å². The lowest BCUT2D eigenvalue weighted by Gasteiger charge is -2.07. The molecule has 0 saturated carbocycles. The molecule has 30 heavy (non-hydrogen) atoms. The number of hydrogen-bond acceptors (Lipinski definition) is 3. The van der Waals surface area contributed by atoms with Crippen LogP contribution in [-0.2, 0) is 4.79 Å². The molecule has 4 aromatic carbocycles. The second kappa shape index (κ2) is 8.83. The number of Topliss-reactive ketones (excluding diaryl/α,β-unsaturated/α-hetero) is 3. The quantitative estimate of drug-likeness (QED) is 0.264. The smallest absolute Gasteiger partial charge is 0.170 e. The van der Waals surface area contributed by atoms with Gasteiger partial charge in [0.25, 0.3) is 0 Å². The van der Waals surface area contributed by atoms with Crippen molar-refractivity contribution in [2.45, 2.75) is 25.7 Å². The van der Waals surface area contributed by atoms with E-state index in [2.05, 4.69) is 0 Å². The zero-order chi connectivity index (χ0) is 20.9. The average molecular weight is 394 g/mol. The number of carbonyl (C=O) groups is 3. The predicted octanol–water partition coefficient (Wildman–Crippen LogP) is 6.19. The molecule has 0 atom stereocenters. The first-order valence-electron chi connectivity index (χ1n) is 10.2. The predicted molar refractivity (Wildman–Crippen MR) is 120 cm³/mol. The van der Waals surface area contributed by atoms with Crippen LogP contribution in [0.1, 0.15) is 46.4 Å². The highest BCUT2D eigenvalue weighted by atomic mass is 16.1. The van der Waals surface area contributed by atoms with Crippen LogP contribution in [0.25, 0.3) is 21.5 Å². The molecular weight excluding hydrogens is 372 g/mol. The second-order valence-electron chi connectivity index (χ2n) is 7.47. The number of ketones is 3. The van der Waals surface area contributed by atoms with Gasteiger partial charge in [-0.3, -0.25) is 14.4 Å². The van der Waals surface area contributed by atoms with Crippen molar-refractivity contribution in [3.8, 4) is 0 Å². The minimum atomic E-state index is -0.169. The Morgan fingerprint density at radius 3 is 1.63 bits per heavy atom. The first-order valence-corrected chi connectivity index (χ1v) is 10.2. The minimum Gasteiger partial charge on any atom is -0.299 e. The standard InChI is InChI=1S/C27H22O3/c28-21(18-27(30)25-16-6-11-20-9-2-4-14-23(20)25)12-7-17-26(29)24-15-5-10-19-8-1-3-13-22(19)24/h1-6,8-11,13-16H,7,12,17-18H2. The summed E-state index contributed by atoms with van der Waals surface area (Å²) in [6, 6.07) is 26.7. The lowest BCUT2D eigenvalue weighted by atomic mass is 9.96. The molecule has 148 valence electrons. The number of fused-ring (bicyclic) bond motifs is 2. The molecule has 0 spiro atoms. The van der Waals surface area contributed by atoms with Crippen LogP contribution in [0, 0.1) is 0 Å². The molecule has 0 saturated heterocycles. The first kappa shape index (κ1) is 19.7. The van der Waals surface area contributed by atoms with Crippen molar-refractivity contribution >= 4 is 38.9 Å². The molecule has 4 aromatic rings. The van der Waals surface area contributed by atoms with E-state index in [1.54, 1.807) is 6.07 Å². The van der Waals surface area contributed by atoms with Crippen LogP contribution in [0.2, 0.25) is 0 Å². The maximum Gasteiger partial charge on any atom is 0.170 e. The minimum absolute atomic E-state index is 0.0278. The molecule has 0 fully saturated rings. The number of benzene rings is 4. The molecule has 0 amide bonds. The van der Waals surface area contributed by atoms with Gasteiger partial charge in [0.05, 0.1) is 6.42 Å². The Labute approximate surface area is 175 Å². The molecule has 0 N–H and O–H groups in total. The summed E-state index contributed by atoms with van der Waals surface area (Å²) in [6.07, 6.45) is 0.843. The van der Waals surface area contributed by atoms with Gasteiger partial charge in [-0.1, -0.05) is 84.9 Å². The first-order chi connectivity index (χ1) is 14.6. The fourth-order valence-electron chi connectivity index (χ4n) is 3.88. The Balaban J connectivity index is 1.36. The molecule has 0 aliphatic rings. The summed E-state index contributed by atoms with van der Waals surface area (Å²) in [5.74, 6) is -0.268. The van der Waals surface area contributed by atoms with Gasteiger partial charge in [0.15, 0.2) is 11.6 Å². The Morgan fingerprint density at radius 2 is 1.03 bits per heavy atom. The van der Waals surface area contributed by atoms with Crippen LogP contribution in [0.3, 0.4) is 0 Å². The topological polar surface area (TPSA) is 51.2 Å². The maximum absolute atomic E-state index is 12.7. The van der Waals surface area contributed by atoms with E-state index in [9.17, 15) is 14.4 Å². The molecular formula is C27H22O3. The van der Waals surface area contributed by atoms with Gasteiger partial charge >= 0.3 is 0 Å². The van der Waals surface area contributed by atoms with Crippen molar-refractivity contribution in [3.63, 3.8) is 0 Å². The van der Waals surface area contributed by atoms with E-state index in [0.29, 0.717) is 24.0 Å².